The summed E-state index contributed by atoms with van der Waals surface area (Å²) in [7, 11) is 1.59. The molecule has 1 aromatic carbocycles. The Hall–Kier alpha value is -3.86. The van der Waals surface area contributed by atoms with Gasteiger partial charge in [-0.1, -0.05) is 11.3 Å². The van der Waals surface area contributed by atoms with Gasteiger partial charge in [0.1, 0.15) is 12.1 Å². The molecule has 140 valence electrons. The number of thiazole rings is 1. The van der Waals surface area contributed by atoms with Crippen molar-refractivity contribution in [3.05, 3.63) is 59.2 Å². The zero-order chi connectivity index (χ0) is 19.5. The van der Waals surface area contributed by atoms with E-state index in [1.807, 2.05) is 12.1 Å². The first kappa shape index (κ1) is 17.5. The Balaban J connectivity index is 1.69. The number of pyridine rings is 1. The van der Waals surface area contributed by atoms with Crippen LogP contribution in [-0.2, 0) is 0 Å². The van der Waals surface area contributed by atoms with Crippen molar-refractivity contribution < 1.29 is 9.66 Å². The van der Waals surface area contributed by atoms with Crippen LogP contribution < -0.4 is 15.4 Å². The first-order valence-corrected chi connectivity index (χ1v) is 8.84. The van der Waals surface area contributed by atoms with E-state index in [-0.39, 0.29) is 17.3 Å². The van der Waals surface area contributed by atoms with E-state index in [4.69, 9.17) is 4.74 Å². The predicted molar refractivity (Wildman–Crippen MR) is 106 cm³/mol. The summed E-state index contributed by atoms with van der Waals surface area (Å²) in [5, 5.41) is 18.0. The zero-order valence-corrected chi connectivity index (χ0v) is 15.3. The van der Waals surface area contributed by atoms with Gasteiger partial charge in [-0.25, -0.2) is 15.0 Å². The molecule has 0 amide bonds. The van der Waals surface area contributed by atoms with Crippen molar-refractivity contribution in [3.8, 4) is 5.75 Å². The van der Waals surface area contributed by atoms with Crippen molar-refractivity contribution in [3.63, 3.8) is 0 Å². The highest BCUT2D eigenvalue weighted by Gasteiger charge is 2.24. The Morgan fingerprint density at radius 2 is 1.86 bits per heavy atom. The summed E-state index contributed by atoms with van der Waals surface area (Å²) in [4.78, 5) is 27.5. The molecule has 0 fully saturated rings. The number of hydrogen-bond donors (Lipinski definition) is 2. The van der Waals surface area contributed by atoms with Gasteiger partial charge >= 0.3 is 5.69 Å². The summed E-state index contributed by atoms with van der Waals surface area (Å²) in [5.41, 5.74) is 1.09. The molecule has 0 unspecified atom stereocenters. The first-order chi connectivity index (χ1) is 13.6. The number of hydrogen-bond acceptors (Lipinski definition) is 10. The van der Waals surface area contributed by atoms with Crippen LogP contribution in [0.2, 0.25) is 0 Å². The summed E-state index contributed by atoms with van der Waals surface area (Å²) in [6.45, 7) is 0. The molecular weight excluding hydrogens is 382 g/mol. The molecule has 0 saturated heterocycles. The van der Waals surface area contributed by atoms with E-state index in [0.717, 1.165) is 10.2 Å². The molecule has 2 N–H and O–H groups in total. The lowest BCUT2D eigenvalue weighted by Gasteiger charge is -2.08. The fourth-order valence-electron chi connectivity index (χ4n) is 2.49. The Morgan fingerprint density at radius 3 is 2.57 bits per heavy atom. The second-order valence-electron chi connectivity index (χ2n) is 5.52. The largest absolute Gasteiger partial charge is 0.497 e. The molecule has 10 nitrogen and oxygen atoms in total. The van der Waals surface area contributed by atoms with Crippen LogP contribution in [0.15, 0.2) is 49.1 Å². The number of aromatic nitrogens is 4. The average molecular weight is 395 g/mol. The maximum Gasteiger partial charge on any atom is 0.353 e. The van der Waals surface area contributed by atoms with Gasteiger partial charge < -0.3 is 15.4 Å². The predicted octanol–water partition coefficient (Wildman–Crippen LogP) is 3.89. The number of benzene rings is 1. The number of fused-ring (bicyclic) bond motifs is 1. The molecule has 28 heavy (non-hydrogen) atoms. The third-order valence-electron chi connectivity index (χ3n) is 3.77. The van der Waals surface area contributed by atoms with Gasteiger partial charge in [-0.15, -0.1) is 0 Å². The van der Waals surface area contributed by atoms with Gasteiger partial charge in [-0.3, -0.25) is 15.1 Å². The van der Waals surface area contributed by atoms with E-state index >= 15 is 0 Å². The standard InChI is InChI=1S/C17H13N7O3S/c1-27-11-2-3-12-13(8-11)28-17(22-12)23-16-14(24(25)26)15(19-9-20-16)21-10-4-6-18-7-5-10/h2-9H,1H3,(H2,18,19,20,21,22,23). The van der Waals surface area contributed by atoms with Gasteiger partial charge in [0.25, 0.3) is 0 Å². The van der Waals surface area contributed by atoms with Crippen LogP contribution in [0.3, 0.4) is 0 Å². The van der Waals surface area contributed by atoms with Crippen LogP contribution in [0, 0.1) is 10.1 Å². The van der Waals surface area contributed by atoms with E-state index in [9.17, 15) is 10.1 Å². The third kappa shape index (κ3) is 3.50. The molecule has 0 spiro atoms. The van der Waals surface area contributed by atoms with Crippen LogP contribution in [0.4, 0.5) is 28.1 Å². The van der Waals surface area contributed by atoms with Crippen molar-refractivity contribution in [2.24, 2.45) is 0 Å². The highest BCUT2D eigenvalue weighted by molar-refractivity contribution is 7.22. The van der Waals surface area contributed by atoms with Gasteiger partial charge in [0.15, 0.2) is 5.13 Å². The third-order valence-corrected chi connectivity index (χ3v) is 4.70. The minimum atomic E-state index is -0.539. The minimum Gasteiger partial charge on any atom is -0.497 e. The Morgan fingerprint density at radius 1 is 1.11 bits per heavy atom. The SMILES string of the molecule is COc1ccc2nc(Nc3ncnc(Nc4ccncc4)c3[N+](=O)[O-])sc2c1. The van der Waals surface area contributed by atoms with Crippen molar-refractivity contribution in [1.29, 1.82) is 0 Å². The van der Waals surface area contributed by atoms with Crippen molar-refractivity contribution >= 4 is 49.7 Å². The summed E-state index contributed by atoms with van der Waals surface area (Å²) in [6.07, 6.45) is 4.39. The lowest BCUT2D eigenvalue weighted by Crippen LogP contribution is -2.05. The number of nitro groups is 1. The fourth-order valence-corrected chi connectivity index (χ4v) is 3.39. The molecule has 4 aromatic rings. The number of methoxy groups -OCH3 is 1. The number of ether oxygens (including phenoxy) is 1. The van der Waals surface area contributed by atoms with E-state index in [0.29, 0.717) is 16.6 Å². The second kappa shape index (κ2) is 7.40. The van der Waals surface area contributed by atoms with Crippen molar-refractivity contribution in [1.82, 2.24) is 19.9 Å². The Labute approximate surface area is 162 Å². The van der Waals surface area contributed by atoms with E-state index < -0.39 is 4.92 Å². The normalized spacial score (nSPS) is 10.6. The topological polar surface area (TPSA) is 128 Å². The van der Waals surface area contributed by atoms with Crippen LogP contribution in [-0.4, -0.2) is 32.0 Å². The fraction of sp³-hybridized carbons (Fsp3) is 0.0588. The van der Waals surface area contributed by atoms with Crippen LogP contribution in [0.25, 0.3) is 10.2 Å². The Kier molecular flexibility index (Phi) is 4.64. The molecule has 0 radical (unpaired) electrons. The zero-order valence-electron chi connectivity index (χ0n) is 14.5. The number of anilines is 4. The van der Waals surface area contributed by atoms with E-state index in [1.165, 1.54) is 17.7 Å². The second-order valence-corrected chi connectivity index (χ2v) is 6.55. The van der Waals surface area contributed by atoms with Gasteiger partial charge in [0, 0.05) is 18.1 Å². The lowest BCUT2D eigenvalue weighted by molar-refractivity contribution is -0.383. The summed E-state index contributed by atoms with van der Waals surface area (Å²) < 4.78 is 6.09. The molecule has 4 rings (SSSR count). The molecule has 0 saturated carbocycles. The molecule has 0 atom stereocenters. The number of rotatable bonds is 6. The monoisotopic (exact) mass is 395 g/mol. The highest BCUT2D eigenvalue weighted by Crippen LogP contribution is 2.35. The molecular formula is C17H13N7O3S. The quantitative estimate of drug-likeness (QED) is 0.369. The molecule has 0 aliphatic heterocycles. The molecule has 0 aliphatic rings. The molecule has 3 aromatic heterocycles. The first-order valence-electron chi connectivity index (χ1n) is 8.02. The molecule has 0 bridgehead atoms. The molecule has 0 aliphatic carbocycles. The number of nitrogens with zero attached hydrogens (tertiary/aromatic N) is 5. The van der Waals surface area contributed by atoms with E-state index in [2.05, 4.69) is 30.6 Å². The summed E-state index contributed by atoms with van der Waals surface area (Å²) >= 11 is 1.34. The number of nitrogens with one attached hydrogen (secondary N) is 2. The smallest absolute Gasteiger partial charge is 0.353 e. The summed E-state index contributed by atoms with van der Waals surface area (Å²) in [5.74, 6) is 0.818. The summed E-state index contributed by atoms with van der Waals surface area (Å²) in [6, 6.07) is 8.83. The van der Waals surface area contributed by atoms with Crippen molar-refractivity contribution in [2.75, 3.05) is 17.7 Å². The van der Waals surface area contributed by atoms with Gasteiger partial charge in [-0.05, 0) is 30.3 Å². The Bertz CT molecular complexity index is 1150. The van der Waals surface area contributed by atoms with Crippen molar-refractivity contribution in [2.45, 2.75) is 0 Å². The maximum atomic E-state index is 11.7. The molecule has 3 heterocycles. The van der Waals surface area contributed by atoms with Gasteiger partial charge in [-0.2, -0.15) is 0 Å². The van der Waals surface area contributed by atoms with E-state index in [1.54, 1.807) is 37.7 Å². The lowest BCUT2D eigenvalue weighted by atomic mass is 10.3. The van der Waals surface area contributed by atoms with Gasteiger partial charge in [0.05, 0.1) is 22.2 Å². The molecule has 11 heteroatoms. The average Bonchev–Trinajstić information content (AvgIpc) is 3.10. The maximum absolute atomic E-state index is 11.7. The van der Waals surface area contributed by atoms with Crippen LogP contribution in [0.1, 0.15) is 0 Å². The van der Waals surface area contributed by atoms with Gasteiger partial charge in [0.2, 0.25) is 11.6 Å². The highest BCUT2D eigenvalue weighted by atomic mass is 32.1. The van der Waals surface area contributed by atoms with Crippen LogP contribution in [0.5, 0.6) is 5.75 Å². The van der Waals surface area contributed by atoms with Crippen LogP contribution >= 0.6 is 11.3 Å². The minimum absolute atomic E-state index is 0.0441.